The fourth-order valence-electron chi connectivity index (χ4n) is 2.30. The lowest BCUT2D eigenvalue weighted by atomic mass is 9.98. The number of hydrazine groups is 1. The summed E-state index contributed by atoms with van der Waals surface area (Å²) < 4.78 is 39.8. The van der Waals surface area contributed by atoms with Crippen molar-refractivity contribution in [3.05, 3.63) is 35.4 Å². The van der Waals surface area contributed by atoms with Crippen molar-refractivity contribution in [2.24, 2.45) is 0 Å². The van der Waals surface area contributed by atoms with Crippen molar-refractivity contribution in [3.63, 3.8) is 0 Å². The predicted molar refractivity (Wildman–Crippen MR) is 68.8 cm³/mol. The summed E-state index contributed by atoms with van der Waals surface area (Å²) in [4.78, 5) is 11.1. The first-order valence-electron chi connectivity index (χ1n) is 6.51. The highest BCUT2D eigenvalue weighted by molar-refractivity contribution is 5.77. The van der Waals surface area contributed by atoms with Gasteiger partial charge >= 0.3 is 6.18 Å². The number of alkyl halides is 3. The fraction of sp³-hybridized carbons (Fsp3) is 0.500. The number of benzene rings is 1. The summed E-state index contributed by atoms with van der Waals surface area (Å²) in [5.41, 5.74) is 3.40. The summed E-state index contributed by atoms with van der Waals surface area (Å²) in [5.74, 6) is -0.113. The van der Waals surface area contributed by atoms with Gasteiger partial charge in [-0.05, 0) is 17.0 Å². The molecule has 0 unspecified atom stereocenters. The molecule has 1 N–H and O–H groups in total. The lowest BCUT2D eigenvalue weighted by Crippen LogP contribution is -2.43. The summed E-state index contributed by atoms with van der Waals surface area (Å²) in [7, 11) is 0. The molecule has 3 nitrogen and oxygen atoms in total. The van der Waals surface area contributed by atoms with E-state index in [0.717, 1.165) is 10.6 Å². The molecular formula is C14H17F3N2O. The second-order valence-corrected chi connectivity index (χ2v) is 5.24. The topological polar surface area (TPSA) is 32.3 Å². The first-order chi connectivity index (χ1) is 9.29. The van der Waals surface area contributed by atoms with Crippen LogP contribution in [0.3, 0.4) is 0 Å². The zero-order valence-corrected chi connectivity index (χ0v) is 11.4. The van der Waals surface area contributed by atoms with Crippen LogP contribution in [0.15, 0.2) is 24.3 Å². The first-order valence-corrected chi connectivity index (χ1v) is 6.51. The van der Waals surface area contributed by atoms with E-state index in [1.807, 2.05) is 13.8 Å². The van der Waals surface area contributed by atoms with Gasteiger partial charge in [0.25, 0.3) is 0 Å². The van der Waals surface area contributed by atoms with Crippen molar-refractivity contribution >= 4 is 5.91 Å². The normalized spacial score (nSPS) is 18.4. The van der Waals surface area contributed by atoms with Crippen molar-refractivity contribution < 1.29 is 18.0 Å². The molecule has 0 spiro atoms. The Balaban J connectivity index is 2.29. The Morgan fingerprint density at radius 1 is 1.15 bits per heavy atom. The highest BCUT2D eigenvalue weighted by atomic mass is 19.4. The number of hydrogen-bond donors (Lipinski definition) is 1. The van der Waals surface area contributed by atoms with Gasteiger partial charge in [-0.15, -0.1) is 0 Å². The van der Waals surface area contributed by atoms with E-state index < -0.39 is 12.2 Å². The summed E-state index contributed by atoms with van der Waals surface area (Å²) in [6, 6.07) is 4.58. The van der Waals surface area contributed by atoms with Gasteiger partial charge in [0.05, 0.1) is 0 Å². The molecule has 0 aromatic heterocycles. The number of nitrogens with zero attached hydrogens (tertiary/aromatic N) is 1. The van der Waals surface area contributed by atoms with Gasteiger partial charge in [-0.2, -0.15) is 13.2 Å². The van der Waals surface area contributed by atoms with Gasteiger partial charge in [-0.1, -0.05) is 38.1 Å². The van der Waals surface area contributed by atoms with Crippen molar-refractivity contribution in [2.45, 2.75) is 38.4 Å². The van der Waals surface area contributed by atoms with Gasteiger partial charge in [-0.25, -0.2) is 5.01 Å². The van der Waals surface area contributed by atoms with Crippen molar-refractivity contribution in [1.29, 1.82) is 0 Å². The number of nitrogens with one attached hydrogen (secondary N) is 1. The molecule has 2 rings (SSSR count). The van der Waals surface area contributed by atoms with Crippen molar-refractivity contribution in [3.8, 4) is 0 Å². The number of amides is 1. The summed E-state index contributed by atoms with van der Waals surface area (Å²) >= 11 is 0. The zero-order valence-electron chi connectivity index (χ0n) is 11.4. The van der Waals surface area contributed by atoms with Gasteiger partial charge in [0.15, 0.2) is 0 Å². The molecule has 1 fully saturated rings. The van der Waals surface area contributed by atoms with Crippen LogP contribution in [0.2, 0.25) is 0 Å². The van der Waals surface area contributed by atoms with E-state index in [9.17, 15) is 18.0 Å². The van der Waals surface area contributed by atoms with Crippen LogP contribution in [0.4, 0.5) is 13.2 Å². The Labute approximate surface area is 115 Å². The monoisotopic (exact) mass is 286 g/mol. The predicted octanol–water partition coefficient (Wildman–Crippen LogP) is 3.15. The van der Waals surface area contributed by atoms with Crippen molar-refractivity contribution in [2.75, 3.05) is 6.54 Å². The van der Waals surface area contributed by atoms with Gasteiger partial charge in [0.1, 0.15) is 6.04 Å². The van der Waals surface area contributed by atoms with Crippen LogP contribution < -0.4 is 5.43 Å². The molecule has 0 bridgehead atoms. The minimum absolute atomic E-state index is 0.0644. The van der Waals surface area contributed by atoms with Gasteiger partial charge in [-0.3, -0.25) is 10.2 Å². The third kappa shape index (κ3) is 3.12. The van der Waals surface area contributed by atoms with E-state index in [2.05, 4.69) is 5.43 Å². The Morgan fingerprint density at radius 3 is 2.10 bits per heavy atom. The van der Waals surface area contributed by atoms with E-state index in [4.69, 9.17) is 0 Å². The molecule has 1 aromatic carbocycles. The minimum atomic E-state index is -4.43. The summed E-state index contributed by atoms with van der Waals surface area (Å²) in [6.07, 6.45) is -4.34. The first kappa shape index (κ1) is 14.8. The molecule has 0 aliphatic carbocycles. The van der Waals surface area contributed by atoms with Crippen molar-refractivity contribution in [1.82, 2.24) is 10.4 Å². The van der Waals surface area contributed by atoms with Crippen LogP contribution in [0.1, 0.15) is 43.4 Å². The molecule has 0 radical (unpaired) electrons. The summed E-state index contributed by atoms with van der Waals surface area (Å²) in [6.45, 7) is 4.03. The molecule has 110 valence electrons. The Bertz CT molecular complexity index is 482. The maximum atomic E-state index is 13.3. The number of halogens is 3. The Hall–Kier alpha value is -1.56. The number of carbonyl (C=O) groups is 1. The average Bonchev–Trinajstić information content (AvgIpc) is 2.74. The maximum Gasteiger partial charge on any atom is 0.409 e. The van der Waals surface area contributed by atoms with Crippen LogP contribution in [-0.4, -0.2) is 23.6 Å². The summed E-state index contributed by atoms with van der Waals surface area (Å²) in [5, 5.41) is 0.965. The molecule has 0 saturated carbocycles. The van der Waals surface area contributed by atoms with Crippen LogP contribution in [0.5, 0.6) is 0 Å². The third-order valence-corrected chi connectivity index (χ3v) is 3.39. The zero-order chi connectivity index (χ0) is 14.9. The number of carbonyl (C=O) groups excluding carboxylic acids is 1. The maximum absolute atomic E-state index is 13.3. The van der Waals surface area contributed by atoms with Crippen LogP contribution in [0.25, 0.3) is 0 Å². The highest BCUT2D eigenvalue weighted by Crippen LogP contribution is 2.38. The lowest BCUT2D eigenvalue weighted by Gasteiger charge is -2.29. The Morgan fingerprint density at radius 2 is 1.70 bits per heavy atom. The quantitative estimate of drug-likeness (QED) is 0.925. The molecule has 1 aromatic rings. The van der Waals surface area contributed by atoms with E-state index in [1.165, 1.54) is 12.1 Å². The van der Waals surface area contributed by atoms with Gasteiger partial charge in [0, 0.05) is 13.0 Å². The standard InChI is InChI=1S/C14H17F3N2O/c1-9(2)10-3-5-11(6-4-10)13(14(15,16)17)19-8-7-12(20)18-19/h3-6,9,13H,7-8H2,1-2H3,(H,18,20)/t13-/m0/s1. The van der Waals surface area contributed by atoms with E-state index >= 15 is 0 Å². The molecule has 1 atom stereocenters. The molecule has 20 heavy (non-hydrogen) atoms. The Kier molecular flexibility index (Phi) is 4.04. The molecule has 1 amide bonds. The minimum Gasteiger partial charge on any atom is -0.288 e. The molecule has 6 heteroatoms. The molecule has 1 saturated heterocycles. The van der Waals surface area contributed by atoms with Crippen LogP contribution in [-0.2, 0) is 4.79 Å². The van der Waals surface area contributed by atoms with Crippen LogP contribution in [0, 0.1) is 0 Å². The molecular weight excluding hydrogens is 269 g/mol. The SMILES string of the molecule is CC(C)c1ccc([C@H](N2CCC(=O)N2)C(F)(F)F)cc1. The average molecular weight is 286 g/mol. The lowest BCUT2D eigenvalue weighted by molar-refractivity contribution is -0.191. The number of rotatable bonds is 3. The molecule has 1 aliphatic rings. The van der Waals surface area contributed by atoms with Gasteiger partial charge < -0.3 is 0 Å². The largest absolute Gasteiger partial charge is 0.409 e. The second-order valence-electron chi connectivity index (χ2n) is 5.24. The number of hydrogen-bond acceptors (Lipinski definition) is 2. The second kappa shape index (κ2) is 5.44. The van der Waals surface area contributed by atoms with E-state index in [-0.39, 0.29) is 30.4 Å². The fourth-order valence-corrected chi connectivity index (χ4v) is 2.30. The molecule has 1 aliphatic heterocycles. The highest BCUT2D eigenvalue weighted by Gasteiger charge is 2.46. The third-order valence-electron chi connectivity index (χ3n) is 3.39. The van der Waals surface area contributed by atoms with Gasteiger partial charge in [0.2, 0.25) is 5.91 Å². The van der Waals surface area contributed by atoms with E-state index in [0.29, 0.717) is 0 Å². The smallest absolute Gasteiger partial charge is 0.288 e. The van der Waals surface area contributed by atoms with E-state index in [1.54, 1.807) is 12.1 Å². The van der Waals surface area contributed by atoms with Crippen LogP contribution >= 0.6 is 0 Å². The molecule has 1 heterocycles.